The number of hydrogen-bond acceptors (Lipinski definition) is 4. The van der Waals surface area contributed by atoms with Gasteiger partial charge in [-0.1, -0.05) is 48.5 Å². The quantitative estimate of drug-likeness (QED) is 0.635. The number of nitrogens with zero attached hydrogens (tertiary/aromatic N) is 3. The van der Waals surface area contributed by atoms with Gasteiger partial charge in [0.05, 0.1) is 12.1 Å². The van der Waals surface area contributed by atoms with Crippen LogP contribution in [0.15, 0.2) is 71.5 Å². The van der Waals surface area contributed by atoms with E-state index in [1.165, 1.54) is 11.0 Å². The van der Waals surface area contributed by atoms with Crippen LogP contribution in [-0.2, 0) is 17.9 Å². The molecule has 0 unspecified atom stereocenters. The summed E-state index contributed by atoms with van der Waals surface area (Å²) in [6, 6.07) is 19.0. The molecule has 6 nitrogen and oxygen atoms in total. The molecule has 0 radical (unpaired) electrons. The maximum absolute atomic E-state index is 14.6. The number of carbonyl (C=O) groups excluding carboxylic acids is 1. The van der Waals surface area contributed by atoms with Gasteiger partial charge in [0, 0.05) is 62.4 Å². The van der Waals surface area contributed by atoms with Gasteiger partial charge in [0.25, 0.3) is 5.56 Å². The van der Waals surface area contributed by atoms with Gasteiger partial charge in [-0.05, 0) is 23.8 Å². The summed E-state index contributed by atoms with van der Waals surface area (Å²) < 4.78 is 16.4. The summed E-state index contributed by atoms with van der Waals surface area (Å²) in [5.74, 6) is -0.965. The highest BCUT2D eigenvalue weighted by molar-refractivity contribution is 5.82. The third-order valence-electron chi connectivity index (χ3n) is 7.28. The Morgan fingerprint density at radius 1 is 1.06 bits per heavy atom. The maximum atomic E-state index is 14.6. The number of likely N-dealkylation sites (N-methyl/N-ethyl adjacent to an activating group) is 1. The topological polar surface area (TPSA) is 65.8 Å². The summed E-state index contributed by atoms with van der Waals surface area (Å²) in [5, 5.41) is 10.4. The molecule has 3 aromatic rings. The summed E-state index contributed by atoms with van der Waals surface area (Å²) in [7, 11) is 3.38. The average Bonchev–Trinajstić information content (AvgIpc) is 3.36. The van der Waals surface area contributed by atoms with Crippen molar-refractivity contribution in [2.75, 3.05) is 20.7 Å². The zero-order chi connectivity index (χ0) is 24.0. The summed E-state index contributed by atoms with van der Waals surface area (Å²) in [5.41, 5.74) is 2.67. The van der Waals surface area contributed by atoms with Crippen molar-refractivity contribution in [2.45, 2.75) is 25.2 Å². The molecule has 3 heterocycles. The Balaban J connectivity index is 1.62. The number of pyridine rings is 1. The van der Waals surface area contributed by atoms with Crippen molar-refractivity contribution < 1.29 is 14.3 Å². The molecule has 2 aliphatic heterocycles. The molecule has 0 aliphatic carbocycles. The first-order valence-corrected chi connectivity index (χ1v) is 11.5. The second-order valence-electron chi connectivity index (χ2n) is 9.35. The molecule has 1 saturated heterocycles. The smallest absolute Gasteiger partial charge is 0.258 e. The van der Waals surface area contributed by atoms with Crippen LogP contribution in [0.1, 0.15) is 17.3 Å². The lowest BCUT2D eigenvalue weighted by molar-refractivity contribution is -0.136. The molecule has 1 amide bonds. The number of carbonyl (C=O) groups is 1. The molecule has 1 fully saturated rings. The number of rotatable bonds is 5. The average molecular weight is 462 g/mol. The Bertz CT molecular complexity index is 1270. The molecule has 1 N–H and O–H groups in total. The number of halogens is 1. The van der Waals surface area contributed by atoms with Gasteiger partial charge in [-0.15, -0.1) is 0 Å². The summed E-state index contributed by atoms with van der Waals surface area (Å²) in [6.45, 7) is 0.437. The highest BCUT2D eigenvalue weighted by atomic mass is 19.1. The van der Waals surface area contributed by atoms with E-state index in [0.29, 0.717) is 17.7 Å². The lowest BCUT2D eigenvalue weighted by atomic mass is 9.88. The lowest BCUT2D eigenvalue weighted by Crippen LogP contribution is -2.47. The Morgan fingerprint density at radius 3 is 2.44 bits per heavy atom. The fourth-order valence-electron chi connectivity index (χ4n) is 5.69. The first-order valence-electron chi connectivity index (χ1n) is 11.5. The number of fused-ring (bicyclic) bond motifs is 3. The molecule has 2 aliphatic rings. The van der Waals surface area contributed by atoms with E-state index in [9.17, 15) is 19.1 Å². The maximum Gasteiger partial charge on any atom is 0.258 e. The predicted molar refractivity (Wildman–Crippen MR) is 127 cm³/mol. The molecule has 1 aromatic heterocycles. The molecule has 34 heavy (non-hydrogen) atoms. The molecular weight excluding hydrogens is 433 g/mol. The molecular formula is C27H28FN3O3. The van der Waals surface area contributed by atoms with Crippen LogP contribution in [0.25, 0.3) is 11.1 Å². The first kappa shape index (κ1) is 22.5. The number of aromatic nitrogens is 1. The summed E-state index contributed by atoms with van der Waals surface area (Å²) in [6.07, 6.45) is 0. The van der Waals surface area contributed by atoms with Crippen molar-refractivity contribution in [3.8, 4) is 11.1 Å². The Kier molecular flexibility index (Phi) is 5.83. The fourth-order valence-corrected chi connectivity index (χ4v) is 5.69. The lowest BCUT2D eigenvalue weighted by Gasteiger charge is -2.32. The summed E-state index contributed by atoms with van der Waals surface area (Å²) >= 11 is 0. The molecule has 0 saturated carbocycles. The van der Waals surface area contributed by atoms with E-state index in [4.69, 9.17) is 0 Å². The van der Waals surface area contributed by atoms with Gasteiger partial charge in [-0.25, -0.2) is 4.39 Å². The van der Waals surface area contributed by atoms with E-state index in [2.05, 4.69) is 0 Å². The van der Waals surface area contributed by atoms with Crippen LogP contribution >= 0.6 is 0 Å². The number of aliphatic hydroxyl groups is 1. The van der Waals surface area contributed by atoms with Crippen molar-refractivity contribution in [3.63, 3.8) is 0 Å². The molecule has 0 spiro atoms. The van der Waals surface area contributed by atoms with E-state index in [1.807, 2.05) is 47.4 Å². The standard InChI is InChI=1S/C27H28FN3O3/c1-29(2)27(34)25-21(16-32)20-15-30-23(13-12-19(26(30)33)17-8-4-3-5-9-17)24(20)31(25)14-18-10-6-7-11-22(18)28/h3-13,20-21,24-25,32H,14-16H2,1-2H3/t20-,21-,24+,25-/m1/s1. The van der Waals surface area contributed by atoms with Crippen LogP contribution in [0, 0.1) is 17.7 Å². The molecule has 2 aromatic carbocycles. The fraction of sp³-hybridized carbons (Fsp3) is 0.333. The minimum Gasteiger partial charge on any atom is -0.396 e. The largest absolute Gasteiger partial charge is 0.396 e. The van der Waals surface area contributed by atoms with Crippen LogP contribution in [0.5, 0.6) is 0 Å². The second kappa shape index (κ2) is 8.81. The van der Waals surface area contributed by atoms with Gasteiger partial charge in [0.15, 0.2) is 0 Å². The van der Waals surface area contributed by atoms with Gasteiger partial charge in [0.1, 0.15) is 5.82 Å². The molecule has 7 heteroatoms. The number of likely N-dealkylation sites (tertiary alicyclic amines) is 1. The molecule has 4 atom stereocenters. The zero-order valence-corrected chi connectivity index (χ0v) is 19.3. The first-order chi connectivity index (χ1) is 16.4. The van der Waals surface area contributed by atoms with Gasteiger partial charge >= 0.3 is 0 Å². The Labute approximate surface area is 197 Å². The van der Waals surface area contributed by atoms with Crippen LogP contribution in [0.4, 0.5) is 4.39 Å². The number of benzene rings is 2. The highest BCUT2D eigenvalue weighted by Crippen LogP contribution is 2.50. The van der Waals surface area contributed by atoms with Crippen molar-refractivity contribution in [3.05, 3.63) is 94.2 Å². The highest BCUT2D eigenvalue weighted by Gasteiger charge is 2.55. The van der Waals surface area contributed by atoms with Gasteiger partial charge in [-0.2, -0.15) is 0 Å². The minimum atomic E-state index is -0.604. The Morgan fingerprint density at radius 2 is 1.76 bits per heavy atom. The number of hydrogen-bond donors (Lipinski definition) is 1. The van der Waals surface area contributed by atoms with E-state index >= 15 is 0 Å². The zero-order valence-electron chi connectivity index (χ0n) is 19.3. The van der Waals surface area contributed by atoms with Crippen LogP contribution in [-0.4, -0.2) is 52.1 Å². The van der Waals surface area contributed by atoms with E-state index < -0.39 is 6.04 Å². The van der Waals surface area contributed by atoms with E-state index in [-0.39, 0.29) is 48.3 Å². The van der Waals surface area contributed by atoms with Crippen molar-refractivity contribution in [1.82, 2.24) is 14.4 Å². The van der Waals surface area contributed by atoms with E-state index in [1.54, 1.807) is 36.9 Å². The van der Waals surface area contributed by atoms with Gasteiger partial charge in [-0.3, -0.25) is 14.5 Å². The Hall–Kier alpha value is -3.29. The van der Waals surface area contributed by atoms with Crippen LogP contribution < -0.4 is 5.56 Å². The summed E-state index contributed by atoms with van der Waals surface area (Å²) in [4.78, 5) is 30.2. The van der Waals surface area contributed by atoms with Crippen LogP contribution in [0.2, 0.25) is 0 Å². The second-order valence-corrected chi connectivity index (χ2v) is 9.35. The third-order valence-corrected chi connectivity index (χ3v) is 7.28. The van der Waals surface area contributed by atoms with Crippen molar-refractivity contribution in [1.29, 1.82) is 0 Å². The number of amides is 1. The normalized spacial score (nSPS) is 23.5. The molecule has 176 valence electrons. The molecule has 0 bridgehead atoms. The number of aliphatic hydroxyl groups excluding tert-OH is 1. The third kappa shape index (κ3) is 3.56. The minimum absolute atomic E-state index is 0.0869. The van der Waals surface area contributed by atoms with Crippen molar-refractivity contribution >= 4 is 5.91 Å². The van der Waals surface area contributed by atoms with Crippen LogP contribution in [0.3, 0.4) is 0 Å². The van der Waals surface area contributed by atoms with Crippen molar-refractivity contribution in [2.24, 2.45) is 11.8 Å². The van der Waals surface area contributed by atoms with Gasteiger partial charge < -0.3 is 14.6 Å². The van der Waals surface area contributed by atoms with E-state index in [0.717, 1.165) is 11.3 Å². The van der Waals surface area contributed by atoms with Gasteiger partial charge in [0.2, 0.25) is 5.91 Å². The molecule has 5 rings (SSSR count). The predicted octanol–water partition coefficient (Wildman–Crippen LogP) is 2.91. The SMILES string of the molecule is CN(C)C(=O)[C@H]1[C@H](CO)[C@H]2Cn3c(ccc(-c4ccccc4)c3=O)[C@H]2N1Cc1ccccc1F. The monoisotopic (exact) mass is 461 g/mol.